The van der Waals surface area contributed by atoms with Crippen molar-refractivity contribution in [3.05, 3.63) is 22.2 Å². The summed E-state index contributed by atoms with van der Waals surface area (Å²) in [5.74, 6) is 1.52. The third-order valence-corrected chi connectivity index (χ3v) is 3.89. The number of rotatable bonds is 7. The molecule has 21 heavy (non-hydrogen) atoms. The van der Waals surface area contributed by atoms with Crippen molar-refractivity contribution in [2.75, 3.05) is 26.9 Å². The molecule has 1 aromatic carbocycles. The van der Waals surface area contributed by atoms with E-state index in [0.717, 1.165) is 47.7 Å². The van der Waals surface area contributed by atoms with Gasteiger partial charge in [0.25, 0.3) is 0 Å². The number of benzene rings is 1. The van der Waals surface area contributed by atoms with Crippen LogP contribution >= 0.6 is 28.3 Å². The molecule has 0 saturated carbocycles. The molecule has 1 fully saturated rings. The summed E-state index contributed by atoms with van der Waals surface area (Å²) in [7, 11) is 1.66. The van der Waals surface area contributed by atoms with Crippen LogP contribution in [0.1, 0.15) is 25.3 Å². The minimum atomic E-state index is 0. The standard InChI is InChI=1S/C15H22BrNO3.ClH/c1-3-19-15-13(16)7-11(8-14(15)18-2)9-17-10-12-5-4-6-20-12;/h7-8,12,17H,3-6,9-10H2,1-2H3;1H. The summed E-state index contributed by atoms with van der Waals surface area (Å²) in [5.41, 5.74) is 1.16. The summed E-state index contributed by atoms with van der Waals surface area (Å²) >= 11 is 3.54. The zero-order valence-corrected chi connectivity index (χ0v) is 14.9. The monoisotopic (exact) mass is 379 g/mol. The molecule has 0 radical (unpaired) electrons. The fourth-order valence-corrected chi connectivity index (χ4v) is 2.95. The van der Waals surface area contributed by atoms with E-state index in [1.54, 1.807) is 7.11 Å². The second-order valence-corrected chi connectivity index (χ2v) is 5.66. The van der Waals surface area contributed by atoms with Crippen LogP contribution in [0, 0.1) is 0 Å². The minimum absolute atomic E-state index is 0. The first-order valence-corrected chi connectivity index (χ1v) is 7.85. The van der Waals surface area contributed by atoms with Gasteiger partial charge in [0.15, 0.2) is 11.5 Å². The SMILES string of the molecule is CCOc1c(Br)cc(CNCC2CCCO2)cc1OC.Cl. The molecule has 1 atom stereocenters. The lowest BCUT2D eigenvalue weighted by molar-refractivity contribution is 0.110. The van der Waals surface area contributed by atoms with Crippen molar-refractivity contribution in [1.82, 2.24) is 5.32 Å². The topological polar surface area (TPSA) is 39.7 Å². The second-order valence-electron chi connectivity index (χ2n) is 4.81. The number of ether oxygens (including phenoxy) is 3. The third kappa shape index (κ3) is 5.33. The molecule has 1 aliphatic rings. The van der Waals surface area contributed by atoms with E-state index in [1.807, 2.05) is 13.0 Å². The number of methoxy groups -OCH3 is 1. The first-order chi connectivity index (χ1) is 9.74. The third-order valence-electron chi connectivity index (χ3n) is 3.30. The van der Waals surface area contributed by atoms with Crippen LogP contribution in [-0.2, 0) is 11.3 Å². The molecule has 1 aromatic rings. The summed E-state index contributed by atoms with van der Waals surface area (Å²) in [6, 6.07) is 4.08. The second kappa shape index (κ2) is 9.51. The van der Waals surface area contributed by atoms with Gasteiger partial charge in [0, 0.05) is 19.7 Å². The van der Waals surface area contributed by atoms with Gasteiger partial charge in [0.1, 0.15) is 0 Å². The highest BCUT2D eigenvalue weighted by atomic mass is 79.9. The van der Waals surface area contributed by atoms with E-state index >= 15 is 0 Å². The molecular formula is C15H23BrClNO3. The van der Waals surface area contributed by atoms with Gasteiger partial charge in [-0.05, 0) is 53.4 Å². The molecule has 0 aliphatic carbocycles. The van der Waals surface area contributed by atoms with Gasteiger partial charge in [-0.1, -0.05) is 0 Å². The van der Waals surface area contributed by atoms with Crippen molar-refractivity contribution in [2.45, 2.75) is 32.4 Å². The Bertz CT molecular complexity index is 439. The van der Waals surface area contributed by atoms with E-state index in [9.17, 15) is 0 Å². The van der Waals surface area contributed by atoms with E-state index in [2.05, 4.69) is 27.3 Å². The van der Waals surface area contributed by atoms with Gasteiger partial charge < -0.3 is 19.5 Å². The van der Waals surface area contributed by atoms with E-state index in [1.165, 1.54) is 6.42 Å². The lowest BCUT2D eigenvalue weighted by Gasteiger charge is -2.15. The van der Waals surface area contributed by atoms with Crippen LogP contribution in [0.25, 0.3) is 0 Å². The lowest BCUT2D eigenvalue weighted by Crippen LogP contribution is -2.25. The Morgan fingerprint density at radius 3 is 2.86 bits per heavy atom. The van der Waals surface area contributed by atoms with Crippen molar-refractivity contribution in [3.8, 4) is 11.5 Å². The van der Waals surface area contributed by atoms with Crippen LogP contribution in [-0.4, -0.2) is 33.0 Å². The van der Waals surface area contributed by atoms with Gasteiger partial charge in [0.2, 0.25) is 0 Å². The first kappa shape index (κ1) is 18.6. The maximum absolute atomic E-state index is 5.59. The van der Waals surface area contributed by atoms with E-state index in [4.69, 9.17) is 14.2 Å². The Hall–Kier alpha value is -0.490. The van der Waals surface area contributed by atoms with Gasteiger partial charge in [-0.25, -0.2) is 0 Å². The van der Waals surface area contributed by atoms with Crippen LogP contribution in [0.4, 0.5) is 0 Å². The largest absolute Gasteiger partial charge is 0.493 e. The Balaban J connectivity index is 0.00000220. The zero-order valence-electron chi connectivity index (χ0n) is 12.5. The highest BCUT2D eigenvalue weighted by Crippen LogP contribution is 2.36. The zero-order chi connectivity index (χ0) is 14.4. The molecule has 0 amide bonds. The maximum atomic E-state index is 5.59. The lowest BCUT2D eigenvalue weighted by atomic mass is 10.2. The molecule has 1 saturated heterocycles. The number of hydrogen-bond acceptors (Lipinski definition) is 4. The maximum Gasteiger partial charge on any atom is 0.175 e. The molecule has 120 valence electrons. The summed E-state index contributed by atoms with van der Waals surface area (Å²) < 4.78 is 17.5. The van der Waals surface area contributed by atoms with Gasteiger partial charge in [-0.15, -0.1) is 12.4 Å². The van der Waals surface area contributed by atoms with Crippen LogP contribution < -0.4 is 14.8 Å². The molecule has 1 aliphatic heterocycles. The van der Waals surface area contributed by atoms with E-state index in [0.29, 0.717) is 12.7 Å². The van der Waals surface area contributed by atoms with Crippen LogP contribution in [0.15, 0.2) is 16.6 Å². The first-order valence-electron chi connectivity index (χ1n) is 7.06. The van der Waals surface area contributed by atoms with Gasteiger partial charge in [-0.2, -0.15) is 0 Å². The average molecular weight is 381 g/mol. The van der Waals surface area contributed by atoms with E-state index < -0.39 is 0 Å². The van der Waals surface area contributed by atoms with Crippen LogP contribution in [0.3, 0.4) is 0 Å². The fraction of sp³-hybridized carbons (Fsp3) is 0.600. The highest BCUT2D eigenvalue weighted by Gasteiger charge is 2.15. The average Bonchev–Trinajstić information content (AvgIpc) is 2.94. The molecular weight excluding hydrogens is 358 g/mol. The fourth-order valence-electron chi connectivity index (χ4n) is 2.34. The van der Waals surface area contributed by atoms with E-state index in [-0.39, 0.29) is 12.4 Å². The Morgan fingerprint density at radius 2 is 2.24 bits per heavy atom. The van der Waals surface area contributed by atoms with Crippen molar-refractivity contribution in [1.29, 1.82) is 0 Å². The summed E-state index contributed by atoms with van der Waals surface area (Å²) in [6.45, 7) is 5.16. The number of halogens is 2. The number of nitrogens with one attached hydrogen (secondary N) is 1. The summed E-state index contributed by atoms with van der Waals surface area (Å²) in [4.78, 5) is 0. The quantitative estimate of drug-likeness (QED) is 0.785. The van der Waals surface area contributed by atoms with Crippen molar-refractivity contribution in [2.24, 2.45) is 0 Å². The summed E-state index contributed by atoms with van der Waals surface area (Å²) in [5, 5.41) is 3.43. The molecule has 1 N–H and O–H groups in total. The van der Waals surface area contributed by atoms with Crippen molar-refractivity contribution < 1.29 is 14.2 Å². The molecule has 2 rings (SSSR count). The molecule has 0 spiro atoms. The molecule has 0 bridgehead atoms. The Morgan fingerprint density at radius 1 is 1.43 bits per heavy atom. The van der Waals surface area contributed by atoms with Crippen molar-refractivity contribution in [3.63, 3.8) is 0 Å². The van der Waals surface area contributed by atoms with Crippen molar-refractivity contribution >= 4 is 28.3 Å². The predicted octanol–water partition coefficient (Wildman–Crippen LogP) is 3.55. The Labute approximate surface area is 141 Å². The Kier molecular flexibility index (Phi) is 8.41. The number of hydrogen-bond donors (Lipinski definition) is 1. The molecule has 1 heterocycles. The molecule has 6 heteroatoms. The van der Waals surface area contributed by atoms with Crippen LogP contribution in [0.2, 0.25) is 0 Å². The molecule has 1 unspecified atom stereocenters. The van der Waals surface area contributed by atoms with Gasteiger partial charge in [0.05, 0.1) is 24.3 Å². The molecule has 4 nitrogen and oxygen atoms in total. The van der Waals surface area contributed by atoms with Gasteiger partial charge >= 0.3 is 0 Å². The minimum Gasteiger partial charge on any atom is -0.493 e. The molecule has 0 aromatic heterocycles. The summed E-state index contributed by atoms with van der Waals surface area (Å²) in [6.07, 6.45) is 2.70. The van der Waals surface area contributed by atoms with Gasteiger partial charge in [-0.3, -0.25) is 0 Å². The normalized spacial score (nSPS) is 17.4. The highest BCUT2D eigenvalue weighted by molar-refractivity contribution is 9.10. The van der Waals surface area contributed by atoms with Crippen LogP contribution in [0.5, 0.6) is 11.5 Å². The smallest absolute Gasteiger partial charge is 0.175 e. The predicted molar refractivity (Wildman–Crippen MR) is 89.8 cm³/mol.